The van der Waals surface area contributed by atoms with Crippen LogP contribution >= 0.6 is 15.6 Å². The molecule has 0 aliphatic rings. The SMILES string of the molecule is CC/C=C\C/C=C\C/C=C\C/C=C\C/C=C\C/C=C\CCC(=O)OCC(COP(=O)(O)OCC(O)COP(=O)(O)OCC(COC(=O)CCCCCCC/C=C\C/C=C\C/C=C\CC)OC(=O)CCCCCCC/C=C\C/C=C\CCCCC)OC(=O)CCCCCC/C=C\C/C=C\C/C=C\C/C=C\CC. The summed E-state index contributed by atoms with van der Waals surface area (Å²) in [6.45, 7) is 4.34. The Morgan fingerprint density at radius 3 is 0.811 bits per heavy atom. The van der Waals surface area contributed by atoms with E-state index in [1.807, 2.05) is 18.2 Å². The molecule has 0 aromatic carbocycles. The van der Waals surface area contributed by atoms with Crippen LogP contribution in [0.5, 0.6) is 0 Å². The van der Waals surface area contributed by atoms with Crippen LogP contribution in [0.15, 0.2) is 182 Å². The zero-order valence-electron chi connectivity index (χ0n) is 65.5. The number of carbonyl (C=O) groups is 4. The molecule has 5 unspecified atom stereocenters. The molecule has 3 N–H and O–H groups in total. The second-order valence-electron chi connectivity index (χ2n) is 25.9. The Labute approximate surface area is 641 Å². The molecule has 0 aromatic rings. The van der Waals surface area contributed by atoms with Gasteiger partial charge in [-0.05, 0) is 167 Å². The van der Waals surface area contributed by atoms with Gasteiger partial charge in [0.1, 0.15) is 19.3 Å². The summed E-state index contributed by atoms with van der Waals surface area (Å²) < 4.78 is 68.5. The van der Waals surface area contributed by atoms with Crippen molar-refractivity contribution in [1.82, 2.24) is 0 Å². The van der Waals surface area contributed by atoms with Gasteiger partial charge in [0.25, 0.3) is 0 Å². The van der Waals surface area contributed by atoms with Gasteiger partial charge in [-0.2, -0.15) is 0 Å². The van der Waals surface area contributed by atoms with E-state index < -0.39 is 97.5 Å². The molecular formula is C87H140O17P2. The summed E-state index contributed by atoms with van der Waals surface area (Å²) in [5.74, 6) is -2.35. The fourth-order valence-electron chi connectivity index (χ4n) is 9.87. The first kappa shape index (κ1) is 100. The highest BCUT2D eigenvalue weighted by atomic mass is 31.2. The van der Waals surface area contributed by atoms with Crippen LogP contribution in [0.3, 0.4) is 0 Å². The molecule has 5 atom stereocenters. The molecule has 0 bridgehead atoms. The number of unbranched alkanes of at least 4 members (excludes halogenated alkanes) is 17. The monoisotopic (exact) mass is 1520 g/mol. The number of hydrogen-bond acceptors (Lipinski definition) is 15. The number of aliphatic hydroxyl groups excluding tert-OH is 1. The number of aliphatic hydroxyl groups is 1. The molecule has 0 saturated heterocycles. The van der Waals surface area contributed by atoms with Gasteiger partial charge < -0.3 is 33.8 Å². The van der Waals surface area contributed by atoms with Crippen LogP contribution in [0.1, 0.15) is 285 Å². The summed E-state index contributed by atoms with van der Waals surface area (Å²) in [6, 6.07) is 0. The first-order valence-corrected chi connectivity index (χ1v) is 43.0. The van der Waals surface area contributed by atoms with Crippen LogP contribution in [0.2, 0.25) is 0 Å². The Bertz CT molecular complexity index is 2730. The summed E-state index contributed by atoms with van der Waals surface area (Å²) in [5, 5.41) is 10.6. The summed E-state index contributed by atoms with van der Waals surface area (Å²) in [5.41, 5.74) is 0. The summed E-state index contributed by atoms with van der Waals surface area (Å²) in [4.78, 5) is 73.0. The lowest BCUT2D eigenvalue weighted by Crippen LogP contribution is -2.30. The lowest BCUT2D eigenvalue weighted by atomic mass is 10.1. The standard InChI is InChI=1S/C87H140O17P2/c1-5-9-13-17-21-25-29-33-37-39-40-42-45-48-52-56-60-64-68-72-85(90)98-78-83(104-87(92)74-70-66-62-58-54-50-46-41-38-34-30-26-22-18-14-10-6-2)80-102-106(95,96)100-76-81(88)75-99-105(93,94)101-79-82(103-86(91)73-69-65-61-57-53-49-44-36-32-28-24-20-16-12-8-4)77-97-84(89)71-67-63-59-55-51-47-43-35-31-27-23-19-15-11-7-3/h9-11,13-15,21-28,33-38,40,42-44,46,48,50,52,60,64,81-83,88H,5-8,12,16-20,29-32,39,41,45,47,49,51,53-59,61-63,65-80H2,1-4H3,(H,93,94)(H,95,96)/b13-9-,14-10-,15-11-,25-21-,26-22-,27-23-,28-24-,37-33-,38-34-,42-40-,43-35-,44-36-,50-46-,52-48-,64-60-. The number of esters is 4. The molecule has 0 heterocycles. The van der Waals surface area contributed by atoms with Crippen molar-refractivity contribution in [3.63, 3.8) is 0 Å². The first-order valence-electron chi connectivity index (χ1n) is 40.0. The normalized spacial score (nSPS) is 14.8. The highest BCUT2D eigenvalue weighted by molar-refractivity contribution is 7.47. The number of ether oxygens (including phenoxy) is 4. The topological polar surface area (TPSA) is 237 Å². The van der Waals surface area contributed by atoms with Gasteiger partial charge in [0.2, 0.25) is 0 Å². The van der Waals surface area contributed by atoms with Crippen molar-refractivity contribution in [2.75, 3.05) is 39.6 Å². The molecule has 0 aliphatic heterocycles. The van der Waals surface area contributed by atoms with E-state index in [0.29, 0.717) is 32.1 Å². The second kappa shape index (κ2) is 77.3. The summed E-state index contributed by atoms with van der Waals surface area (Å²) >= 11 is 0. The Balaban J connectivity index is 5.51. The second-order valence-corrected chi connectivity index (χ2v) is 28.8. The summed E-state index contributed by atoms with van der Waals surface area (Å²) in [7, 11) is -10.0. The molecule has 0 saturated carbocycles. The van der Waals surface area contributed by atoms with Crippen molar-refractivity contribution in [3.8, 4) is 0 Å². The van der Waals surface area contributed by atoms with Gasteiger partial charge in [-0.25, -0.2) is 9.13 Å². The van der Waals surface area contributed by atoms with Gasteiger partial charge in [0.15, 0.2) is 12.2 Å². The van der Waals surface area contributed by atoms with Crippen molar-refractivity contribution in [1.29, 1.82) is 0 Å². The van der Waals surface area contributed by atoms with E-state index >= 15 is 0 Å². The predicted octanol–water partition coefficient (Wildman–Crippen LogP) is 23.6. The van der Waals surface area contributed by atoms with Crippen LogP contribution < -0.4 is 0 Å². The summed E-state index contributed by atoms with van der Waals surface area (Å²) in [6.07, 6.45) is 93.1. The van der Waals surface area contributed by atoms with Crippen LogP contribution in [-0.4, -0.2) is 96.7 Å². The Kier molecular flexibility index (Phi) is 73.1. The maximum Gasteiger partial charge on any atom is 0.472 e. The maximum absolute atomic E-state index is 13.1. The third kappa shape index (κ3) is 76.4. The minimum absolute atomic E-state index is 0.0230. The highest BCUT2D eigenvalue weighted by Crippen LogP contribution is 2.45. The van der Waals surface area contributed by atoms with Crippen molar-refractivity contribution in [2.24, 2.45) is 0 Å². The lowest BCUT2D eigenvalue weighted by Gasteiger charge is -2.21. The molecule has 0 amide bonds. The molecule has 0 aromatic heterocycles. The molecule has 106 heavy (non-hydrogen) atoms. The average molecular weight is 1520 g/mol. The molecule has 0 aliphatic carbocycles. The maximum atomic E-state index is 13.1. The van der Waals surface area contributed by atoms with Crippen LogP contribution in [0, 0.1) is 0 Å². The Morgan fingerprint density at radius 2 is 0.509 bits per heavy atom. The van der Waals surface area contributed by atoms with E-state index in [0.717, 1.165) is 180 Å². The molecule has 0 fully saturated rings. The predicted molar refractivity (Wildman–Crippen MR) is 436 cm³/mol. The molecular weight excluding hydrogens is 1380 g/mol. The molecule has 0 rings (SSSR count). The Hall–Kier alpha value is -5.84. The van der Waals surface area contributed by atoms with Crippen LogP contribution in [0.4, 0.5) is 0 Å². The molecule has 0 radical (unpaired) electrons. The molecule has 600 valence electrons. The third-order valence-corrected chi connectivity index (χ3v) is 17.8. The zero-order valence-corrected chi connectivity index (χ0v) is 67.3. The molecule has 19 heteroatoms. The number of carbonyl (C=O) groups excluding carboxylic acids is 4. The minimum Gasteiger partial charge on any atom is -0.462 e. The van der Waals surface area contributed by atoms with Crippen molar-refractivity contribution >= 4 is 39.5 Å². The molecule has 0 spiro atoms. The Morgan fingerprint density at radius 1 is 0.274 bits per heavy atom. The lowest BCUT2D eigenvalue weighted by molar-refractivity contribution is -0.161. The number of phosphoric acid groups is 2. The van der Waals surface area contributed by atoms with E-state index in [9.17, 15) is 43.2 Å². The number of hydrogen-bond donors (Lipinski definition) is 3. The third-order valence-electron chi connectivity index (χ3n) is 15.9. The average Bonchev–Trinajstić information content (AvgIpc) is 0.902. The van der Waals surface area contributed by atoms with Gasteiger partial charge in [0.05, 0.1) is 26.4 Å². The van der Waals surface area contributed by atoms with E-state index in [1.165, 1.54) is 19.3 Å². The van der Waals surface area contributed by atoms with E-state index in [2.05, 4.69) is 192 Å². The minimum atomic E-state index is -5.01. The van der Waals surface area contributed by atoms with Crippen molar-refractivity contribution in [2.45, 2.75) is 303 Å². The van der Waals surface area contributed by atoms with Crippen LogP contribution in [-0.2, 0) is 65.4 Å². The quantitative estimate of drug-likeness (QED) is 0.0169. The fourth-order valence-corrected chi connectivity index (χ4v) is 11.4. The first-order chi connectivity index (χ1) is 51.7. The fraction of sp³-hybridized carbons (Fsp3) is 0.609. The highest BCUT2D eigenvalue weighted by Gasteiger charge is 2.30. The van der Waals surface area contributed by atoms with E-state index in [1.54, 1.807) is 0 Å². The number of phosphoric ester groups is 2. The largest absolute Gasteiger partial charge is 0.472 e. The number of allylic oxidation sites excluding steroid dienone is 30. The smallest absolute Gasteiger partial charge is 0.462 e. The van der Waals surface area contributed by atoms with Crippen molar-refractivity contribution in [3.05, 3.63) is 182 Å². The number of rotatable bonds is 73. The van der Waals surface area contributed by atoms with Crippen molar-refractivity contribution < 1.29 is 80.2 Å². The molecule has 17 nitrogen and oxygen atoms in total. The van der Waals surface area contributed by atoms with E-state index in [4.69, 9.17) is 37.0 Å². The van der Waals surface area contributed by atoms with Gasteiger partial charge in [-0.3, -0.25) is 37.3 Å². The van der Waals surface area contributed by atoms with Crippen LogP contribution in [0.25, 0.3) is 0 Å². The van der Waals surface area contributed by atoms with E-state index in [-0.39, 0.29) is 25.7 Å². The van der Waals surface area contributed by atoms with Gasteiger partial charge in [-0.1, -0.05) is 274 Å². The van der Waals surface area contributed by atoms with Gasteiger partial charge in [0, 0.05) is 25.7 Å². The van der Waals surface area contributed by atoms with Gasteiger partial charge >= 0.3 is 39.5 Å². The van der Waals surface area contributed by atoms with Gasteiger partial charge in [-0.15, -0.1) is 0 Å². The zero-order chi connectivity index (χ0) is 77.4.